The molecule has 0 aliphatic heterocycles. The molecule has 2 fully saturated rings. The van der Waals surface area contributed by atoms with Crippen molar-refractivity contribution in [2.75, 3.05) is 6.61 Å². The molecule has 6 heteroatoms. The highest BCUT2D eigenvalue weighted by molar-refractivity contribution is 9.10. The van der Waals surface area contributed by atoms with Gasteiger partial charge in [0.1, 0.15) is 4.47 Å². The molecule has 1 heterocycles. The van der Waals surface area contributed by atoms with Crippen molar-refractivity contribution in [3.8, 4) is 17.1 Å². The van der Waals surface area contributed by atoms with Crippen LogP contribution in [0.1, 0.15) is 56.4 Å². The molecular weight excluding hydrogens is 408 g/mol. The van der Waals surface area contributed by atoms with Gasteiger partial charge in [0.25, 0.3) is 0 Å². The van der Waals surface area contributed by atoms with E-state index in [2.05, 4.69) is 50.4 Å². The highest BCUT2D eigenvalue weighted by atomic mass is 79.9. The maximum atomic E-state index is 10.9. The maximum absolute atomic E-state index is 10.9. The fourth-order valence-electron chi connectivity index (χ4n) is 3.95. The van der Waals surface area contributed by atoms with Gasteiger partial charge in [-0.25, -0.2) is 0 Å². The van der Waals surface area contributed by atoms with Gasteiger partial charge in [-0.3, -0.25) is 9.89 Å². The number of nitrogens with one attached hydrogen (secondary N) is 1. The lowest BCUT2D eigenvalue weighted by Crippen LogP contribution is -2.16. The summed E-state index contributed by atoms with van der Waals surface area (Å²) in [4.78, 5) is 10.9. The summed E-state index contributed by atoms with van der Waals surface area (Å²) in [6.07, 6.45) is 6.99. The molecule has 0 radical (unpaired) electrons. The number of nitrogens with zero attached hydrogens (tertiary/aromatic N) is 1. The molecule has 144 valence electrons. The van der Waals surface area contributed by atoms with Crippen molar-refractivity contribution in [1.82, 2.24) is 10.2 Å². The molecule has 0 bridgehead atoms. The number of ether oxygens (including phenoxy) is 1. The number of H-pyrrole nitrogens is 1. The smallest absolute Gasteiger partial charge is 0.303 e. The van der Waals surface area contributed by atoms with E-state index in [0.717, 1.165) is 48.0 Å². The molecular formula is C21H25BrN2O3. The van der Waals surface area contributed by atoms with E-state index < -0.39 is 5.97 Å². The minimum atomic E-state index is -0.673. The van der Waals surface area contributed by atoms with Crippen LogP contribution in [0.4, 0.5) is 0 Å². The van der Waals surface area contributed by atoms with Crippen molar-refractivity contribution in [3.63, 3.8) is 0 Å². The molecule has 1 aromatic carbocycles. The van der Waals surface area contributed by atoms with Crippen LogP contribution >= 0.6 is 15.9 Å². The second-order valence-corrected chi connectivity index (χ2v) is 8.70. The molecule has 2 aromatic rings. The van der Waals surface area contributed by atoms with E-state index in [0.29, 0.717) is 30.1 Å². The standard InChI is InChI=1S/C21H25BrN2O3/c22-19-20(23-24-21(19)27-12-14-1-2-14)17-9-7-16(8-10-17)15-5-3-13(4-6-15)11-18(25)26/h7-10,13-15H,1-6,11-12H2,(H,23,24)(H,25,26). The maximum Gasteiger partial charge on any atom is 0.303 e. The van der Waals surface area contributed by atoms with Gasteiger partial charge in [-0.05, 0) is 77.8 Å². The number of aliphatic carboxylic acids is 1. The Balaban J connectivity index is 1.38. The zero-order valence-corrected chi connectivity index (χ0v) is 16.9. The number of halogens is 1. The highest BCUT2D eigenvalue weighted by Gasteiger charge is 2.25. The van der Waals surface area contributed by atoms with E-state index in [1.807, 2.05) is 0 Å². The highest BCUT2D eigenvalue weighted by Crippen LogP contribution is 2.39. The van der Waals surface area contributed by atoms with E-state index >= 15 is 0 Å². The minimum absolute atomic E-state index is 0.310. The number of carboxylic acids is 1. The van der Waals surface area contributed by atoms with Crippen LogP contribution in [0.25, 0.3) is 11.3 Å². The first-order chi connectivity index (χ1) is 13.1. The number of hydrogen-bond acceptors (Lipinski definition) is 3. The van der Waals surface area contributed by atoms with E-state index in [-0.39, 0.29) is 0 Å². The zero-order valence-electron chi connectivity index (χ0n) is 15.3. The lowest BCUT2D eigenvalue weighted by molar-refractivity contribution is -0.138. The van der Waals surface area contributed by atoms with Crippen LogP contribution in [0, 0.1) is 11.8 Å². The molecule has 2 saturated carbocycles. The monoisotopic (exact) mass is 432 g/mol. The third-order valence-electron chi connectivity index (χ3n) is 5.81. The van der Waals surface area contributed by atoms with Crippen molar-refractivity contribution in [1.29, 1.82) is 0 Å². The Morgan fingerprint density at radius 3 is 2.41 bits per heavy atom. The van der Waals surface area contributed by atoms with Gasteiger partial charge in [-0.15, -0.1) is 5.10 Å². The summed E-state index contributed by atoms with van der Waals surface area (Å²) in [6.45, 7) is 0.742. The van der Waals surface area contributed by atoms with Crippen LogP contribution in [0.3, 0.4) is 0 Å². The number of rotatable bonds is 7. The molecule has 4 rings (SSSR count). The van der Waals surface area contributed by atoms with Crippen molar-refractivity contribution >= 4 is 21.9 Å². The molecule has 2 N–H and O–H groups in total. The molecule has 5 nitrogen and oxygen atoms in total. The van der Waals surface area contributed by atoms with Crippen molar-refractivity contribution in [2.24, 2.45) is 11.8 Å². The first-order valence-electron chi connectivity index (χ1n) is 9.79. The average Bonchev–Trinajstić information content (AvgIpc) is 3.43. The third-order valence-corrected chi connectivity index (χ3v) is 6.55. The number of benzene rings is 1. The lowest BCUT2D eigenvalue weighted by Gasteiger charge is -2.28. The summed E-state index contributed by atoms with van der Waals surface area (Å²) in [5, 5.41) is 16.3. The van der Waals surface area contributed by atoms with Gasteiger partial charge >= 0.3 is 5.97 Å². The number of carboxylic acid groups (broad SMARTS) is 1. The Morgan fingerprint density at radius 2 is 1.78 bits per heavy atom. The third kappa shape index (κ3) is 4.54. The Hall–Kier alpha value is -1.82. The van der Waals surface area contributed by atoms with Crippen molar-refractivity contribution in [3.05, 3.63) is 34.3 Å². The quantitative estimate of drug-likeness (QED) is 0.615. The van der Waals surface area contributed by atoms with Crippen LogP contribution in [0.5, 0.6) is 5.88 Å². The topological polar surface area (TPSA) is 75.2 Å². The van der Waals surface area contributed by atoms with Gasteiger partial charge in [0.15, 0.2) is 0 Å². The van der Waals surface area contributed by atoms with Gasteiger partial charge in [0.05, 0.1) is 12.3 Å². The molecule has 2 aliphatic rings. The van der Waals surface area contributed by atoms with Gasteiger partial charge in [0.2, 0.25) is 5.88 Å². The second kappa shape index (κ2) is 8.05. The Bertz CT molecular complexity index is 790. The average molecular weight is 433 g/mol. The van der Waals surface area contributed by atoms with Crippen molar-refractivity contribution in [2.45, 2.75) is 50.9 Å². The summed E-state index contributed by atoms with van der Waals surface area (Å²) >= 11 is 3.61. The lowest BCUT2D eigenvalue weighted by atomic mass is 9.77. The number of aromatic nitrogens is 2. The van der Waals surface area contributed by atoms with Crippen LogP contribution in [-0.4, -0.2) is 27.9 Å². The molecule has 0 spiro atoms. The number of hydrogen-bond donors (Lipinski definition) is 2. The zero-order chi connectivity index (χ0) is 18.8. The van der Waals surface area contributed by atoms with E-state index in [1.54, 1.807) is 0 Å². The Labute approximate surface area is 167 Å². The first kappa shape index (κ1) is 18.5. The largest absolute Gasteiger partial charge is 0.481 e. The fraction of sp³-hybridized carbons (Fsp3) is 0.524. The normalized spacial score (nSPS) is 22.6. The summed E-state index contributed by atoms with van der Waals surface area (Å²) in [6, 6.07) is 8.63. The van der Waals surface area contributed by atoms with Crippen molar-refractivity contribution < 1.29 is 14.6 Å². The predicted octanol–water partition coefficient (Wildman–Crippen LogP) is 5.38. The minimum Gasteiger partial charge on any atom is -0.481 e. The molecule has 0 unspecified atom stereocenters. The molecule has 0 saturated heterocycles. The Morgan fingerprint density at radius 1 is 1.11 bits per heavy atom. The molecule has 0 amide bonds. The summed E-state index contributed by atoms with van der Waals surface area (Å²) in [5.41, 5.74) is 3.37. The van der Waals surface area contributed by atoms with E-state index in [4.69, 9.17) is 9.84 Å². The summed E-state index contributed by atoms with van der Waals surface area (Å²) < 4.78 is 6.67. The first-order valence-corrected chi connectivity index (χ1v) is 10.6. The van der Waals surface area contributed by atoms with Crippen LogP contribution in [0.2, 0.25) is 0 Å². The van der Waals surface area contributed by atoms with E-state index in [1.165, 1.54) is 18.4 Å². The van der Waals surface area contributed by atoms with Crippen LogP contribution in [0.15, 0.2) is 28.7 Å². The molecule has 1 aromatic heterocycles. The van der Waals surface area contributed by atoms with Gasteiger partial charge in [-0.2, -0.15) is 0 Å². The Kier molecular flexibility index (Phi) is 5.53. The van der Waals surface area contributed by atoms with Crippen LogP contribution in [-0.2, 0) is 4.79 Å². The van der Waals surface area contributed by atoms with Gasteiger partial charge in [0, 0.05) is 12.0 Å². The number of carbonyl (C=O) groups is 1. The molecule has 27 heavy (non-hydrogen) atoms. The fourth-order valence-corrected chi connectivity index (χ4v) is 4.47. The predicted molar refractivity (Wildman–Crippen MR) is 107 cm³/mol. The summed E-state index contributed by atoms with van der Waals surface area (Å²) in [5.74, 6) is 1.54. The SMILES string of the molecule is O=C(O)CC1CCC(c2ccc(-c3[nH]nc(OCC4CC4)c3Br)cc2)CC1. The van der Waals surface area contributed by atoms with Gasteiger partial charge < -0.3 is 9.84 Å². The van der Waals surface area contributed by atoms with E-state index in [9.17, 15) is 4.79 Å². The second-order valence-electron chi connectivity index (χ2n) is 7.91. The van der Waals surface area contributed by atoms with Crippen LogP contribution < -0.4 is 4.74 Å². The summed E-state index contributed by atoms with van der Waals surface area (Å²) in [7, 11) is 0. The number of aromatic amines is 1. The van der Waals surface area contributed by atoms with Gasteiger partial charge in [-0.1, -0.05) is 24.3 Å². The molecule has 2 aliphatic carbocycles. The molecule has 0 atom stereocenters.